The van der Waals surface area contributed by atoms with Gasteiger partial charge in [-0.05, 0) is 87.7 Å². The zero-order valence-corrected chi connectivity index (χ0v) is 23.3. The Hall–Kier alpha value is -3.64. The number of fused-ring (bicyclic) bond motifs is 2. The summed E-state index contributed by atoms with van der Waals surface area (Å²) in [6, 6.07) is 31.7. The van der Waals surface area contributed by atoms with Gasteiger partial charge < -0.3 is 0 Å². The molecule has 38 heavy (non-hydrogen) atoms. The van der Waals surface area contributed by atoms with Crippen molar-refractivity contribution in [3.05, 3.63) is 129 Å². The van der Waals surface area contributed by atoms with Crippen LogP contribution in [-0.4, -0.2) is 0 Å². The Balaban J connectivity index is 1.42. The third kappa shape index (κ3) is 3.99. The molecular formula is C38H38. The fourth-order valence-corrected chi connectivity index (χ4v) is 6.76. The maximum absolute atomic E-state index is 2.54. The fraction of sp³-hybridized carbons (Fsp3) is 0.263. The van der Waals surface area contributed by atoms with Gasteiger partial charge in [0.1, 0.15) is 0 Å². The van der Waals surface area contributed by atoms with Gasteiger partial charge in [0.2, 0.25) is 0 Å². The first kappa shape index (κ1) is 24.7. The summed E-state index contributed by atoms with van der Waals surface area (Å²) >= 11 is 0. The molecule has 0 unspecified atom stereocenters. The van der Waals surface area contributed by atoms with Crippen LogP contribution in [0.2, 0.25) is 0 Å². The highest BCUT2D eigenvalue weighted by Crippen LogP contribution is 2.50. The number of rotatable bonds is 7. The van der Waals surface area contributed by atoms with Crippen LogP contribution < -0.4 is 0 Å². The Labute approximate surface area is 228 Å². The van der Waals surface area contributed by atoms with E-state index in [0.29, 0.717) is 0 Å². The van der Waals surface area contributed by atoms with E-state index < -0.39 is 0 Å². The lowest BCUT2D eigenvalue weighted by Crippen LogP contribution is -2.21. The van der Waals surface area contributed by atoms with Gasteiger partial charge in [0.05, 0.1) is 0 Å². The van der Waals surface area contributed by atoms with Gasteiger partial charge in [-0.1, -0.05) is 136 Å². The predicted molar refractivity (Wildman–Crippen MR) is 164 cm³/mol. The molecule has 0 heterocycles. The third-order valence-electron chi connectivity index (χ3n) is 9.29. The Morgan fingerprint density at radius 2 is 0.947 bits per heavy atom. The van der Waals surface area contributed by atoms with Crippen molar-refractivity contribution in [3.8, 4) is 22.3 Å². The molecule has 0 aliphatic heterocycles. The summed E-state index contributed by atoms with van der Waals surface area (Å²) in [5.74, 6) is 0. The average Bonchev–Trinajstić information content (AvgIpc) is 3.62. The first-order valence-electron chi connectivity index (χ1n) is 14.4. The van der Waals surface area contributed by atoms with Gasteiger partial charge in [0, 0.05) is 5.41 Å². The van der Waals surface area contributed by atoms with Crippen LogP contribution in [-0.2, 0) is 25.7 Å². The average molecular weight is 495 g/mol. The van der Waals surface area contributed by atoms with Crippen molar-refractivity contribution in [2.24, 2.45) is 5.41 Å². The fourth-order valence-electron chi connectivity index (χ4n) is 6.76. The van der Waals surface area contributed by atoms with E-state index in [9.17, 15) is 0 Å². The standard InChI is InChI=1S/C38H38/c1-5-26-14-8-10-18-32(26)34-20-12-16-28-22-30(24-36(28)34)38(4,7-3)31-23-29-17-13-21-35(37(29)25-31)33-19-11-9-15-27(33)6-2/h8-21,24-25H,5-7,22-23H2,1-4H3. The second-order valence-electron chi connectivity index (χ2n) is 11.2. The summed E-state index contributed by atoms with van der Waals surface area (Å²) in [4.78, 5) is 0. The molecule has 4 aromatic carbocycles. The molecule has 4 aromatic rings. The molecule has 0 radical (unpaired) electrons. The lowest BCUT2D eigenvalue weighted by molar-refractivity contribution is 0.452. The molecular weight excluding hydrogens is 456 g/mol. The summed E-state index contributed by atoms with van der Waals surface area (Å²) < 4.78 is 0. The second-order valence-corrected chi connectivity index (χ2v) is 11.2. The van der Waals surface area contributed by atoms with E-state index in [1.807, 2.05) is 0 Å². The van der Waals surface area contributed by atoms with E-state index in [1.54, 1.807) is 11.1 Å². The van der Waals surface area contributed by atoms with E-state index in [2.05, 4.69) is 125 Å². The molecule has 0 bridgehead atoms. The van der Waals surface area contributed by atoms with Crippen LogP contribution in [0.25, 0.3) is 34.4 Å². The highest BCUT2D eigenvalue weighted by atomic mass is 14.4. The molecule has 0 aromatic heterocycles. The Bertz CT molecular complexity index is 1460. The topological polar surface area (TPSA) is 0 Å². The number of benzene rings is 4. The maximum atomic E-state index is 2.54. The number of hydrogen-bond acceptors (Lipinski definition) is 0. The van der Waals surface area contributed by atoms with Gasteiger partial charge in [-0.15, -0.1) is 0 Å². The van der Waals surface area contributed by atoms with E-state index >= 15 is 0 Å². The first-order chi connectivity index (χ1) is 18.6. The van der Waals surface area contributed by atoms with Crippen LogP contribution in [0.3, 0.4) is 0 Å². The summed E-state index contributed by atoms with van der Waals surface area (Å²) in [6.07, 6.45) is 10.4. The molecule has 0 fully saturated rings. The molecule has 0 nitrogen and oxygen atoms in total. The predicted octanol–water partition coefficient (Wildman–Crippen LogP) is 10.1. The highest BCUT2D eigenvalue weighted by molar-refractivity contribution is 5.85. The summed E-state index contributed by atoms with van der Waals surface area (Å²) in [5, 5.41) is 0. The van der Waals surface area contributed by atoms with Crippen molar-refractivity contribution in [2.75, 3.05) is 0 Å². The molecule has 0 spiro atoms. The lowest BCUT2D eigenvalue weighted by Gasteiger charge is -2.32. The molecule has 0 atom stereocenters. The smallest absolute Gasteiger partial charge is 0.0103 e. The van der Waals surface area contributed by atoms with E-state index in [1.165, 1.54) is 55.6 Å². The number of aryl methyl sites for hydroxylation is 2. The van der Waals surface area contributed by atoms with Crippen LogP contribution >= 0.6 is 0 Å². The van der Waals surface area contributed by atoms with E-state index in [4.69, 9.17) is 0 Å². The van der Waals surface area contributed by atoms with Crippen molar-refractivity contribution >= 4 is 12.2 Å². The third-order valence-corrected chi connectivity index (χ3v) is 9.29. The summed E-state index contributed by atoms with van der Waals surface area (Å²) in [6.45, 7) is 9.37. The summed E-state index contributed by atoms with van der Waals surface area (Å²) in [7, 11) is 0. The zero-order valence-electron chi connectivity index (χ0n) is 23.3. The molecule has 0 amide bonds. The van der Waals surface area contributed by atoms with Crippen LogP contribution in [0.15, 0.2) is 96.1 Å². The number of hydrogen-bond donors (Lipinski definition) is 0. The van der Waals surface area contributed by atoms with Crippen LogP contribution in [0.5, 0.6) is 0 Å². The minimum Gasteiger partial charge on any atom is -0.0642 e. The van der Waals surface area contributed by atoms with Crippen LogP contribution in [0, 0.1) is 5.41 Å². The van der Waals surface area contributed by atoms with Crippen molar-refractivity contribution in [2.45, 2.75) is 59.8 Å². The van der Waals surface area contributed by atoms with Crippen molar-refractivity contribution < 1.29 is 0 Å². The van der Waals surface area contributed by atoms with Crippen molar-refractivity contribution in [3.63, 3.8) is 0 Å². The Morgan fingerprint density at radius 3 is 1.37 bits per heavy atom. The second kappa shape index (κ2) is 9.91. The maximum Gasteiger partial charge on any atom is 0.0103 e. The quantitative estimate of drug-likeness (QED) is 0.240. The molecule has 0 saturated carbocycles. The lowest BCUT2D eigenvalue weighted by atomic mass is 9.72. The molecule has 0 saturated heterocycles. The van der Waals surface area contributed by atoms with Crippen molar-refractivity contribution in [1.29, 1.82) is 0 Å². The van der Waals surface area contributed by atoms with E-state index in [0.717, 1.165) is 32.1 Å². The van der Waals surface area contributed by atoms with E-state index in [-0.39, 0.29) is 5.41 Å². The van der Waals surface area contributed by atoms with Gasteiger partial charge in [0.25, 0.3) is 0 Å². The van der Waals surface area contributed by atoms with Crippen LogP contribution in [0.4, 0.5) is 0 Å². The molecule has 6 rings (SSSR count). The van der Waals surface area contributed by atoms with Gasteiger partial charge in [-0.3, -0.25) is 0 Å². The largest absolute Gasteiger partial charge is 0.0642 e. The molecule has 190 valence electrons. The zero-order chi connectivity index (χ0) is 26.3. The minimum atomic E-state index is 0.0428. The Kier molecular flexibility index (Phi) is 6.44. The molecule has 2 aliphatic rings. The summed E-state index contributed by atoms with van der Waals surface area (Å²) in [5.41, 5.74) is 17.3. The van der Waals surface area contributed by atoms with Gasteiger partial charge in [-0.25, -0.2) is 0 Å². The number of allylic oxidation sites excluding steroid dienone is 2. The molecule has 2 aliphatic carbocycles. The highest BCUT2D eigenvalue weighted by Gasteiger charge is 2.36. The van der Waals surface area contributed by atoms with Crippen molar-refractivity contribution in [1.82, 2.24) is 0 Å². The minimum absolute atomic E-state index is 0.0428. The molecule has 0 N–H and O–H groups in total. The SMILES string of the molecule is CCc1ccccc1-c1cccc2c1C=C(C(C)(CC)C1=Cc3c(cccc3-c3ccccc3CC)C1)C2. The van der Waals surface area contributed by atoms with Gasteiger partial charge in [-0.2, -0.15) is 0 Å². The monoisotopic (exact) mass is 494 g/mol. The van der Waals surface area contributed by atoms with Gasteiger partial charge >= 0.3 is 0 Å². The molecule has 0 heteroatoms. The normalized spacial score (nSPS) is 14.2. The van der Waals surface area contributed by atoms with Gasteiger partial charge in [0.15, 0.2) is 0 Å². The first-order valence-corrected chi connectivity index (χ1v) is 14.4. The van der Waals surface area contributed by atoms with Crippen LogP contribution in [0.1, 0.15) is 67.5 Å². The Morgan fingerprint density at radius 1 is 0.526 bits per heavy atom.